The Balaban J connectivity index is 2.34. The first-order valence-electron chi connectivity index (χ1n) is 4.36. The largest absolute Gasteiger partial charge is 0.298 e. The molecule has 0 aliphatic heterocycles. The van der Waals surface area contributed by atoms with E-state index in [1.807, 2.05) is 12.1 Å². The zero-order chi connectivity index (χ0) is 10.8. The number of thiazole rings is 1. The number of carbonyl (C=O) groups is 1. The second-order valence-electron chi connectivity index (χ2n) is 3.09. The average Bonchev–Trinajstić information content (AvgIpc) is 2.59. The maximum atomic E-state index is 11.2. The first-order chi connectivity index (χ1) is 7.19. The standard InChI is InChI=1S/C10H8ClNOS2/c11-6-1-2-8-9(3-6)15-10(12-8)4-7(13)5-14/h1-3,14H,4-5H2. The van der Waals surface area contributed by atoms with Crippen molar-refractivity contribution >= 4 is 51.6 Å². The van der Waals surface area contributed by atoms with E-state index < -0.39 is 0 Å². The van der Waals surface area contributed by atoms with Gasteiger partial charge in [-0.1, -0.05) is 11.6 Å². The van der Waals surface area contributed by atoms with E-state index in [1.54, 1.807) is 6.07 Å². The van der Waals surface area contributed by atoms with Gasteiger partial charge in [0.1, 0.15) is 10.8 Å². The molecule has 0 spiro atoms. The number of nitrogens with zero attached hydrogens (tertiary/aromatic N) is 1. The van der Waals surface area contributed by atoms with Crippen molar-refractivity contribution in [3.63, 3.8) is 0 Å². The third-order valence-corrected chi connectivity index (χ3v) is 3.53. The summed E-state index contributed by atoms with van der Waals surface area (Å²) in [5.74, 6) is 0.347. The molecule has 0 bridgehead atoms. The number of Topliss-reactive ketones (excluding diaryl/α,β-unsaturated/α-hetero) is 1. The van der Waals surface area contributed by atoms with E-state index in [2.05, 4.69) is 17.6 Å². The minimum atomic E-state index is 0.0866. The van der Waals surface area contributed by atoms with Gasteiger partial charge >= 0.3 is 0 Å². The van der Waals surface area contributed by atoms with Crippen LogP contribution in [-0.4, -0.2) is 16.5 Å². The van der Waals surface area contributed by atoms with Gasteiger partial charge in [0.2, 0.25) is 0 Å². The third kappa shape index (κ3) is 2.51. The van der Waals surface area contributed by atoms with E-state index in [4.69, 9.17) is 11.6 Å². The van der Waals surface area contributed by atoms with Crippen LogP contribution in [-0.2, 0) is 11.2 Å². The zero-order valence-corrected chi connectivity index (χ0v) is 10.2. The molecule has 0 aliphatic carbocycles. The molecule has 0 amide bonds. The molecule has 78 valence electrons. The number of carbonyl (C=O) groups excluding carboxylic acids is 1. The van der Waals surface area contributed by atoms with Crippen LogP contribution in [0.15, 0.2) is 18.2 Å². The van der Waals surface area contributed by atoms with Gasteiger partial charge in [-0.2, -0.15) is 12.6 Å². The second-order valence-corrected chi connectivity index (χ2v) is 4.96. The molecule has 1 aromatic heterocycles. The summed E-state index contributed by atoms with van der Waals surface area (Å²) in [6.45, 7) is 0. The third-order valence-electron chi connectivity index (χ3n) is 1.92. The molecular formula is C10H8ClNOS2. The lowest BCUT2D eigenvalue weighted by molar-refractivity contribution is -0.115. The van der Waals surface area contributed by atoms with E-state index in [9.17, 15) is 4.79 Å². The molecule has 0 atom stereocenters. The summed E-state index contributed by atoms with van der Waals surface area (Å²) in [6, 6.07) is 5.53. The van der Waals surface area contributed by atoms with Crippen molar-refractivity contribution in [2.24, 2.45) is 0 Å². The summed E-state index contributed by atoms with van der Waals surface area (Å²) in [4.78, 5) is 15.5. The molecule has 0 radical (unpaired) electrons. The van der Waals surface area contributed by atoms with Gasteiger partial charge in [-0.25, -0.2) is 4.98 Å². The highest BCUT2D eigenvalue weighted by Crippen LogP contribution is 2.25. The fourth-order valence-corrected chi connectivity index (χ4v) is 2.63. The number of fused-ring (bicyclic) bond motifs is 1. The molecule has 0 N–H and O–H groups in total. The van der Waals surface area contributed by atoms with E-state index in [0.29, 0.717) is 11.4 Å². The SMILES string of the molecule is O=C(CS)Cc1nc2ccc(Cl)cc2s1. The molecule has 2 aromatic rings. The maximum Gasteiger partial charge on any atom is 0.149 e. The normalized spacial score (nSPS) is 10.8. The second kappa shape index (κ2) is 4.51. The molecule has 0 fully saturated rings. The fourth-order valence-electron chi connectivity index (χ4n) is 1.25. The lowest BCUT2D eigenvalue weighted by Gasteiger charge is -1.89. The van der Waals surface area contributed by atoms with Gasteiger partial charge in [0, 0.05) is 10.8 Å². The van der Waals surface area contributed by atoms with Crippen LogP contribution in [0.3, 0.4) is 0 Å². The first-order valence-corrected chi connectivity index (χ1v) is 6.19. The van der Waals surface area contributed by atoms with Gasteiger partial charge in [-0.3, -0.25) is 4.79 Å². The Hall–Kier alpha value is -0.580. The van der Waals surface area contributed by atoms with Crippen molar-refractivity contribution in [2.75, 3.05) is 5.75 Å². The molecule has 1 aromatic carbocycles. The van der Waals surface area contributed by atoms with Crippen LogP contribution in [0.5, 0.6) is 0 Å². The highest BCUT2D eigenvalue weighted by atomic mass is 35.5. The Morgan fingerprint density at radius 2 is 2.33 bits per heavy atom. The number of halogens is 1. The van der Waals surface area contributed by atoms with Gasteiger partial charge in [-0.05, 0) is 18.2 Å². The van der Waals surface area contributed by atoms with Crippen molar-refractivity contribution in [1.82, 2.24) is 4.98 Å². The summed E-state index contributed by atoms with van der Waals surface area (Å²) < 4.78 is 1.02. The van der Waals surface area contributed by atoms with Crippen LogP contribution < -0.4 is 0 Å². The van der Waals surface area contributed by atoms with Crippen LogP contribution in [0.4, 0.5) is 0 Å². The molecule has 15 heavy (non-hydrogen) atoms. The molecule has 0 saturated carbocycles. The molecule has 2 rings (SSSR count). The number of thiol groups is 1. The van der Waals surface area contributed by atoms with E-state index >= 15 is 0 Å². The molecular weight excluding hydrogens is 250 g/mol. The van der Waals surface area contributed by atoms with Crippen LogP contribution in [0.1, 0.15) is 5.01 Å². The summed E-state index contributed by atoms with van der Waals surface area (Å²) in [5.41, 5.74) is 0.895. The summed E-state index contributed by atoms with van der Waals surface area (Å²) in [6.07, 6.45) is 0.362. The van der Waals surface area contributed by atoms with Crippen molar-refractivity contribution in [3.05, 3.63) is 28.2 Å². The Labute approximate surface area is 102 Å². The predicted octanol–water partition coefficient (Wildman–Crippen LogP) is 2.99. The smallest absolute Gasteiger partial charge is 0.149 e. The van der Waals surface area contributed by atoms with Crippen LogP contribution in [0.2, 0.25) is 5.02 Å². The molecule has 5 heteroatoms. The van der Waals surface area contributed by atoms with E-state index in [-0.39, 0.29) is 11.5 Å². The molecule has 0 saturated heterocycles. The van der Waals surface area contributed by atoms with E-state index in [1.165, 1.54) is 11.3 Å². The van der Waals surface area contributed by atoms with Gasteiger partial charge in [0.25, 0.3) is 0 Å². The highest BCUT2D eigenvalue weighted by molar-refractivity contribution is 7.81. The lowest BCUT2D eigenvalue weighted by atomic mass is 10.3. The van der Waals surface area contributed by atoms with Crippen molar-refractivity contribution < 1.29 is 4.79 Å². The number of aromatic nitrogens is 1. The van der Waals surface area contributed by atoms with Crippen molar-refractivity contribution in [2.45, 2.75) is 6.42 Å². The number of ketones is 1. The van der Waals surface area contributed by atoms with Crippen LogP contribution in [0.25, 0.3) is 10.2 Å². The minimum absolute atomic E-state index is 0.0866. The first kappa shape index (κ1) is 10.9. The topological polar surface area (TPSA) is 30.0 Å². The number of rotatable bonds is 3. The van der Waals surface area contributed by atoms with E-state index in [0.717, 1.165) is 15.2 Å². The lowest BCUT2D eigenvalue weighted by Crippen LogP contribution is -2.02. The number of hydrogen-bond acceptors (Lipinski definition) is 4. The highest BCUT2D eigenvalue weighted by Gasteiger charge is 2.07. The number of benzene rings is 1. The Morgan fingerprint density at radius 3 is 3.07 bits per heavy atom. The zero-order valence-electron chi connectivity index (χ0n) is 7.74. The van der Waals surface area contributed by atoms with Gasteiger partial charge < -0.3 is 0 Å². The van der Waals surface area contributed by atoms with Crippen molar-refractivity contribution in [1.29, 1.82) is 0 Å². The van der Waals surface area contributed by atoms with Crippen LogP contribution in [0, 0.1) is 0 Å². The average molecular weight is 258 g/mol. The monoisotopic (exact) mass is 257 g/mol. The predicted molar refractivity (Wildman–Crippen MR) is 67.2 cm³/mol. The maximum absolute atomic E-state index is 11.2. The van der Waals surface area contributed by atoms with Gasteiger partial charge in [0.05, 0.1) is 16.6 Å². The minimum Gasteiger partial charge on any atom is -0.298 e. The van der Waals surface area contributed by atoms with Crippen molar-refractivity contribution in [3.8, 4) is 0 Å². The number of hydrogen-bond donors (Lipinski definition) is 1. The molecule has 2 nitrogen and oxygen atoms in total. The van der Waals surface area contributed by atoms with Crippen LogP contribution >= 0.6 is 35.6 Å². The Bertz CT molecular complexity index is 509. The summed E-state index contributed by atoms with van der Waals surface area (Å²) in [7, 11) is 0. The summed E-state index contributed by atoms with van der Waals surface area (Å²) >= 11 is 11.3. The molecule has 0 unspecified atom stereocenters. The van der Waals surface area contributed by atoms with Gasteiger partial charge in [-0.15, -0.1) is 11.3 Å². The quantitative estimate of drug-likeness (QED) is 0.857. The molecule has 1 heterocycles. The fraction of sp³-hybridized carbons (Fsp3) is 0.200. The Morgan fingerprint density at radius 1 is 1.53 bits per heavy atom. The van der Waals surface area contributed by atoms with Gasteiger partial charge in [0.15, 0.2) is 0 Å². The molecule has 0 aliphatic rings. The Kier molecular flexibility index (Phi) is 3.29. The summed E-state index contributed by atoms with van der Waals surface area (Å²) in [5, 5.41) is 1.52.